The number of oxime groups is 1. The topological polar surface area (TPSA) is 79.9 Å². The fourth-order valence-electron chi connectivity index (χ4n) is 1.85. The summed E-state index contributed by atoms with van der Waals surface area (Å²) >= 11 is 0. The molecule has 0 heterocycles. The summed E-state index contributed by atoms with van der Waals surface area (Å²) in [6.07, 6.45) is 2.69. The zero-order chi connectivity index (χ0) is 13.0. The Hall–Kier alpha value is -1.75. The van der Waals surface area contributed by atoms with Crippen LogP contribution in [-0.2, 0) is 6.54 Å². The first-order valence-electron chi connectivity index (χ1n) is 6.10. The minimum atomic E-state index is 0.0596. The highest BCUT2D eigenvalue weighted by atomic mass is 16.5. The van der Waals surface area contributed by atoms with E-state index in [1.165, 1.54) is 12.8 Å². The average molecular weight is 249 g/mol. The molecule has 4 N–H and O–H groups in total. The summed E-state index contributed by atoms with van der Waals surface area (Å²) in [5, 5.41) is 15.1. The van der Waals surface area contributed by atoms with Crippen LogP contribution < -0.4 is 15.8 Å². The summed E-state index contributed by atoms with van der Waals surface area (Å²) in [6, 6.07) is 5.67. The van der Waals surface area contributed by atoms with E-state index in [0.717, 1.165) is 24.6 Å². The van der Waals surface area contributed by atoms with Gasteiger partial charge in [0.15, 0.2) is 5.84 Å². The Morgan fingerprint density at radius 1 is 1.56 bits per heavy atom. The second-order valence-electron chi connectivity index (χ2n) is 4.59. The van der Waals surface area contributed by atoms with Crippen molar-refractivity contribution in [2.45, 2.75) is 19.4 Å². The van der Waals surface area contributed by atoms with Gasteiger partial charge >= 0.3 is 0 Å². The summed E-state index contributed by atoms with van der Waals surface area (Å²) in [5.41, 5.74) is 7.30. The van der Waals surface area contributed by atoms with Gasteiger partial charge in [-0.15, -0.1) is 0 Å². The molecular weight excluding hydrogens is 230 g/mol. The van der Waals surface area contributed by atoms with Crippen molar-refractivity contribution in [1.29, 1.82) is 0 Å². The van der Waals surface area contributed by atoms with Crippen molar-refractivity contribution in [2.75, 3.05) is 13.7 Å². The van der Waals surface area contributed by atoms with Gasteiger partial charge in [-0.2, -0.15) is 0 Å². The molecule has 18 heavy (non-hydrogen) atoms. The Bertz CT molecular complexity index is 442. The molecule has 0 saturated heterocycles. The quantitative estimate of drug-likeness (QED) is 0.307. The highest BCUT2D eigenvalue weighted by Crippen LogP contribution is 2.27. The lowest BCUT2D eigenvalue weighted by Crippen LogP contribution is -2.17. The molecule has 0 unspecified atom stereocenters. The van der Waals surface area contributed by atoms with Gasteiger partial charge in [-0.3, -0.25) is 0 Å². The van der Waals surface area contributed by atoms with Gasteiger partial charge in [-0.1, -0.05) is 11.2 Å². The van der Waals surface area contributed by atoms with Gasteiger partial charge in [0.05, 0.1) is 12.7 Å². The Balaban J connectivity index is 2.03. The summed E-state index contributed by atoms with van der Waals surface area (Å²) in [6.45, 7) is 1.88. The molecule has 0 atom stereocenters. The fourth-order valence-corrected chi connectivity index (χ4v) is 1.85. The number of nitrogens with zero attached hydrogens (tertiary/aromatic N) is 1. The highest BCUT2D eigenvalue weighted by molar-refractivity contribution is 5.99. The van der Waals surface area contributed by atoms with Crippen molar-refractivity contribution in [3.8, 4) is 5.75 Å². The maximum atomic E-state index is 8.68. The number of nitrogens with one attached hydrogen (secondary N) is 1. The Kier molecular flexibility index (Phi) is 4.04. The van der Waals surface area contributed by atoms with Gasteiger partial charge < -0.3 is 21.0 Å². The molecule has 5 nitrogen and oxygen atoms in total. The lowest BCUT2D eigenvalue weighted by Gasteiger charge is -2.10. The average Bonchev–Trinajstić information content (AvgIpc) is 3.21. The maximum absolute atomic E-state index is 8.68. The molecule has 1 aromatic rings. The van der Waals surface area contributed by atoms with E-state index in [0.29, 0.717) is 11.3 Å². The molecule has 0 aromatic heterocycles. The number of ether oxygens (including phenoxy) is 1. The van der Waals surface area contributed by atoms with Crippen molar-refractivity contribution in [3.63, 3.8) is 0 Å². The summed E-state index contributed by atoms with van der Waals surface area (Å²) in [7, 11) is 1.57. The molecule has 0 aliphatic heterocycles. The van der Waals surface area contributed by atoms with Crippen LogP contribution in [0.3, 0.4) is 0 Å². The number of rotatable bonds is 6. The standard InChI is InChI=1S/C13H19N3O2/c1-18-12-6-10(8-15-7-9-2-3-9)4-5-11(12)13(14)16-17/h4-6,9,15,17H,2-3,7-8H2,1H3,(H2,14,16). The number of nitrogens with two attached hydrogens (primary N) is 1. The number of benzene rings is 1. The normalized spacial score (nSPS) is 15.7. The first-order chi connectivity index (χ1) is 8.74. The first-order valence-corrected chi connectivity index (χ1v) is 6.10. The van der Waals surface area contributed by atoms with E-state index < -0.39 is 0 Å². The van der Waals surface area contributed by atoms with E-state index in [-0.39, 0.29) is 5.84 Å². The minimum Gasteiger partial charge on any atom is -0.496 e. The van der Waals surface area contributed by atoms with E-state index in [1.54, 1.807) is 7.11 Å². The fraction of sp³-hybridized carbons (Fsp3) is 0.462. The Labute approximate surface area is 107 Å². The van der Waals surface area contributed by atoms with Gasteiger partial charge in [0.2, 0.25) is 0 Å². The molecule has 0 radical (unpaired) electrons. The van der Waals surface area contributed by atoms with Crippen LogP contribution in [0.4, 0.5) is 0 Å². The maximum Gasteiger partial charge on any atom is 0.173 e. The molecule has 98 valence electrons. The Morgan fingerprint density at radius 2 is 2.33 bits per heavy atom. The van der Waals surface area contributed by atoms with E-state index in [2.05, 4.69) is 10.5 Å². The van der Waals surface area contributed by atoms with E-state index in [1.807, 2.05) is 18.2 Å². The molecule has 1 aliphatic carbocycles. The molecule has 0 bridgehead atoms. The van der Waals surface area contributed by atoms with Gasteiger partial charge in [0.1, 0.15) is 5.75 Å². The molecule has 1 aromatic carbocycles. The lowest BCUT2D eigenvalue weighted by atomic mass is 10.1. The predicted octanol–water partition coefficient (Wildman–Crippen LogP) is 1.29. The molecule has 1 aliphatic rings. The third-order valence-corrected chi connectivity index (χ3v) is 3.11. The second-order valence-corrected chi connectivity index (χ2v) is 4.59. The SMILES string of the molecule is COc1cc(CNCC2CC2)ccc1/C(N)=N/O. The van der Waals surface area contributed by atoms with Crippen LogP contribution in [0, 0.1) is 5.92 Å². The molecule has 1 saturated carbocycles. The van der Waals surface area contributed by atoms with E-state index >= 15 is 0 Å². The predicted molar refractivity (Wildman–Crippen MR) is 69.9 cm³/mol. The van der Waals surface area contributed by atoms with Crippen LogP contribution in [0.2, 0.25) is 0 Å². The number of hydrogen-bond acceptors (Lipinski definition) is 4. The second kappa shape index (κ2) is 5.73. The smallest absolute Gasteiger partial charge is 0.173 e. The third kappa shape index (κ3) is 3.13. The largest absolute Gasteiger partial charge is 0.496 e. The van der Waals surface area contributed by atoms with Crippen molar-refractivity contribution < 1.29 is 9.94 Å². The summed E-state index contributed by atoms with van der Waals surface area (Å²) in [5.74, 6) is 1.55. The van der Waals surface area contributed by atoms with Gasteiger partial charge in [0, 0.05) is 6.54 Å². The first kappa shape index (κ1) is 12.7. The molecule has 2 rings (SSSR count). The number of amidine groups is 1. The van der Waals surface area contributed by atoms with Crippen molar-refractivity contribution in [1.82, 2.24) is 5.32 Å². The van der Waals surface area contributed by atoms with Gasteiger partial charge in [-0.05, 0) is 43.0 Å². The van der Waals surface area contributed by atoms with Crippen LogP contribution in [0.5, 0.6) is 5.75 Å². The summed E-state index contributed by atoms with van der Waals surface area (Å²) < 4.78 is 5.25. The molecule has 0 amide bonds. The zero-order valence-electron chi connectivity index (χ0n) is 10.5. The lowest BCUT2D eigenvalue weighted by molar-refractivity contribution is 0.318. The number of methoxy groups -OCH3 is 1. The van der Waals surface area contributed by atoms with Crippen LogP contribution in [-0.4, -0.2) is 24.7 Å². The van der Waals surface area contributed by atoms with Gasteiger partial charge in [0.25, 0.3) is 0 Å². The van der Waals surface area contributed by atoms with Crippen LogP contribution in [0.25, 0.3) is 0 Å². The van der Waals surface area contributed by atoms with Crippen LogP contribution >= 0.6 is 0 Å². The van der Waals surface area contributed by atoms with Gasteiger partial charge in [-0.25, -0.2) is 0 Å². The third-order valence-electron chi connectivity index (χ3n) is 3.11. The molecule has 0 spiro atoms. The summed E-state index contributed by atoms with van der Waals surface area (Å²) in [4.78, 5) is 0. The van der Waals surface area contributed by atoms with E-state index in [9.17, 15) is 0 Å². The molecule has 5 heteroatoms. The number of hydrogen-bond donors (Lipinski definition) is 3. The van der Waals surface area contributed by atoms with Crippen LogP contribution in [0.1, 0.15) is 24.0 Å². The molecule has 1 fully saturated rings. The van der Waals surface area contributed by atoms with Crippen molar-refractivity contribution >= 4 is 5.84 Å². The van der Waals surface area contributed by atoms with Crippen LogP contribution in [0.15, 0.2) is 23.4 Å². The molecular formula is C13H19N3O2. The Morgan fingerprint density at radius 3 is 2.94 bits per heavy atom. The van der Waals surface area contributed by atoms with Crippen molar-refractivity contribution in [3.05, 3.63) is 29.3 Å². The van der Waals surface area contributed by atoms with E-state index in [4.69, 9.17) is 15.7 Å². The zero-order valence-corrected chi connectivity index (χ0v) is 10.5. The van der Waals surface area contributed by atoms with Crippen molar-refractivity contribution in [2.24, 2.45) is 16.8 Å². The monoisotopic (exact) mass is 249 g/mol. The highest BCUT2D eigenvalue weighted by Gasteiger charge is 2.20. The minimum absolute atomic E-state index is 0.0596.